The van der Waals surface area contributed by atoms with E-state index in [1.807, 2.05) is 0 Å². The molecule has 0 unspecified atom stereocenters. The minimum absolute atomic E-state index is 0.153. The summed E-state index contributed by atoms with van der Waals surface area (Å²) in [7, 11) is 0. The molecule has 1 heterocycles. The third-order valence-electron chi connectivity index (χ3n) is 2.82. The minimum atomic E-state index is -4.39. The van der Waals surface area contributed by atoms with Gasteiger partial charge in [0.1, 0.15) is 0 Å². The van der Waals surface area contributed by atoms with Gasteiger partial charge in [0, 0.05) is 22.6 Å². The SMILES string of the molecule is OCCCCc1cnc(Sc2cc(C(F)(F)F)ccc2Cl)s1. The molecule has 1 aromatic heterocycles. The Labute approximate surface area is 139 Å². The Morgan fingerprint density at radius 1 is 1.27 bits per heavy atom. The Hall–Kier alpha value is -0.760. The average molecular weight is 368 g/mol. The second-order valence-corrected chi connectivity index (χ2v) is 7.33. The topological polar surface area (TPSA) is 33.1 Å². The molecule has 2 aromatic rings. The molecule has 120 valence electrons. The first-order valence-corrected chi connectivity index (χ1v) is 8.51. The van der Waals surface area contributed by atoms with Crippen LogP contribution in [0, 0.1) is 0 Å². The van der Waals surface area contributed by atoms with Crippen LogP contribution in [0.5, 0.6) is 0 Å². The zero-order valence-electron chi connectivity index (χ0n) is 11.4. The van der Waals surface area contributed by atoms with E-state index in [0.717, 1.165) is 48.0 Å². The van der Waals surface area contributed by atoms with E-state index in [9.17, 15) is 13.2 Å². The van der Waals surface area contributed by atoms with E-state index in [2.05, 4.69) is 4.98 Å². The van der Waals surface area contributed by atoms with Crippen LogP contribution in [0.3, 0.4) is 0 Å². The monoisotopic (exact) mass is 367 g/mol. The van der Waals surface area contributed by atoms with E-state index in [0.29, 0.717) is 9.24 Å². The van der Waals surface area contributed by atoms with Crippen LogP contribution in [0.4, 0.5) is 13.2 Å². The second kappa shape index (κ2) is 7.68. The van der Waals surface area contributed by atoms with E-state index in [1.165, 1.54) is 17.4 Å². The van der Waals surface area contributed by atoms with Crippen molar-refractivity contribution in [2.24, 2.45) is 0 Å². The van der Waals surface area contributed by atoms with Crippen LogP contribution < -0.4 is 0 Å². The van der Waals surface area contributed by atoms with Crippen molar-refractivity contribution in [2.45, 2.75) is 34.7 Å². The summed E-state index contributed by atoms with van der Waals surface area (Å²) in [6.45, 7) is 0.153. The molecule has 0 saturated heterocycles. The molecule has 0 bridgehead atoms. The van der Waals surface area contributed by atoms with Gasteiger partial charge >= 0.3 is 6.18 Å². The predicted octanol–water partition coefficient (Wildman–Crippen LogP) is 5.28. The third kappa shape index (κ3) is 4.87. The molecule has 0 aliphatic rings. The van der Waals surface area contributed by atoms with Crippen molar-refractivity contribution in [3.63, 3.8) is 0 Å². The van der Waals surface area contributed by atoms with Gasteiger partial charge in [-0.1, -0.05) is 23.4 Å². The second-order valence-electron chi connectivity index (χ2n) is 4.52. The Kier molecular flexibility index (Phi) is 6.14. The Morgan fingerprint density at radius 3 is 2.73 bits per heavy atom. The lowest BCUT2D eigenvalue weighted by Gasteiger charge is -2.09. The molecular weight excluding hydrogens is 355 g/mol. The molecule has 2 rings (SSSR count). The van der Waals surface area contributed by atoms with Crippen LogP contribution in [-0.4, -0.2) is 16.7 Å². The number of nitrogens with zero attached hydrogens (tertiary/aromatic N) is 1. The fourth-order valence-corrected chi connectivity index (χ4v) is 4.03. The smallest absolute Gasteiger partial charge is 0.396 e. The number of aryl methyl sites for hydroxylation is 1. The normalized spacial score (nSPS) is 11.9. The number of aromatic nitrogens is 1. The first-order chi connectivity index (χ1) is 10.4. The fraction of sp³-hybridized carbons (Fsp3) is 0.357. The van der Waals surface area contributed by atoms with Crippen LogP contribution in [0.1, 0.15) is 23.3 Å². The highest BCUT2D eigenvalue weighted by Crippen LogP contribution is 2.39. The molecular formula is C14H13ClF3NOS2. The van der Waals surface area contributed by atoms with Gasteiger partial charge in [-0.25, -0.2) is 4.98 Å². The van der Waals surface area contributed by atoms with Gasteiger partial charge in [0.05, 0.1) is 10.6 Å². The molecule has 0 fully saturated rings. The van der Waals surface area contributed by atoms with Crippen LogP contribution in [0.2, 0.25) is 5.02 Å². The van der Waals surface area contributed by atoms with Crippen molar-refractivity contribution in [3.05, 3.63) is 39.9 Å². The van der Waals surface area contributed by atoms with Gasteiger partial charge in [-0.15, -0.1) is 11.3 Å². The summed E-state index contributed by atoms with van der Waals surface area (Å²) in [5.41, 5.74) is -0.723. The molecule has 0 saturated carbocycles. The number of thiazole rings is 1. The summed E-state index contributed by atoms with van der Waals surface area (Å²) < 4.78 is 38.8. The summed E-state index contributed by atoms with van der Waals surface area (Å²) >= 11 is 8.53. The number of benzene rings is 1. The summed E-state index contributed by atoms with van der Waals surface area (Å²) in [4.78, 5) is 5.58. The van der Waals surface area contributed by atoms with Crippen molar-refractivity contribution in [3.8, 4) is 0 Å². The molecule has 0 atom stereocenters. The van der Waals surface area contributed by atoms with E-state index in [-0.39, 0.29) is 11.6 Å². The molecule has 2 nitrogen and oxygen atoms in total. The maximum Gasteiger partial charge on any atom is 0.416 e. The van der Waals surface area contributed by atoms with Gasteiger partial charge in [0.15, 0.2) is 4.34 Å². The van der Waals surface area contributed by atoms with Crippen LogP contribution in [0.25, 0.3) is 0 Å². The van der Waals surface area contributed by atoms with E-state index in [1.54, 1.807) is 6.20 Å². The average Bonchev–Trinajstić information content (AvgIpc) is 2.88. The van der Waals surface area contributed by atoms with Crippen molar-refractivity contribution in [1.82, 2.24) is 4.98 Å². The lowest BCUT2D eigenvalue weighted by atomic mass is 10.2. The summed E-state index contributed by atoms with van der Waals surface area (Å²) in [6.07, 6.45) is -0.299. The molecule has 0 amide bonds. The number of halogens is 4. The minimum Gasteiger partial charge on any atom is -0.396 e. The highest BCUT2D eigenvalue weighted by atomic mass is 35.5. The number of hydrogen-bond acceptors (Lipinski definition) is 4. The maximum atomic E-state index is 12.7. The number of alkyl halides is 3. The number of rotatable bonds is 6. The van der Waals surface area contributed by atoms with Crippen LogP contribution >= 0.6 is 34.7 Å². The summed E-state index contributed by atoms with van der Waals surface area (Å²) in [6, 6.07) is 3.26. The first kappa shape index (κ1) is 17.6. The number of aliphatic hydroxyl groups excluding tert-OH is 1. The van der Waals surface area contributed by atoms with Gasteiger partial charge < -0.3 is 5.11 Å². The van der Waals surface area contributed by atoms with Gasteiger partial charge in [-0.05, 0) is 37.5 Å². The molecule has 1 N–H and O–H groups in total. The lowest BCUT2D eigenvalue weighted by molar-refractivity contribution is -0.137. The lowest BCUT2D eigenvalue weighted by Crippen LogP contribution is -2.04. The molecule has 0 aliphatic heterocycles. The van der Waals surface area contributed by atoms with Gasteiger partial charge in [-0.3, -0.25) is 0 Å². The van der Waals surface area contributed by atoms with Crippen LogP contribution in [0.15, 0.2) is 33.6 Å². The Bertz CT molecular complexity index is 631. The Balaban J connectivity index is 2.10. The molecule has 0 radical (unpaired) electrons. The molecule has 1 aromatic carbocycles. The molecule has 22 heavy (non-hydrogen) atoms. The molecule has 0 spiro atoms. The predicted molar refractivity (Wildman–Crippen MR) is 82.7 cm³/mol. The zero-order chi connectivity index (χ0) is 16.2. The van der Waals surface area contributed by atoms with E-state index in [4.69, 9.17) is 16.7 Å². The van der Waals surface area contributed by atoms with Crippen molar-refractivity contribution < 1.29 is 18.3 Å². The van der Waals surface area contributed by atoms with Gasteiger partial charge in [-0.2, -0.15) is 13.2 Å². The van der Waals surface area contributed by atoms with Crippen molar-refractivity contribution in [2.75, 3.05) is 6.61 Å². The fourth-order valence-electron chi connectivity index (χ4n) is 1.72. The molecule has 8 heteroatoms. The maximum absolute atomic E-state index is 12.7. The number of unbranched alkanes of at least 4 members (excludes halogenated alkanes) is 1. The summed E-state index contributed by atoms with van der Waals surface area (Å²) in [5, 5.41) is 9.02. The van der Waals surface area contributed by atoms with Gasteiger partial charge in [0.2, 0.25) is 0 Å². The third-order valence-corrected chi connectivity index (χ3v) is 5.45. The molecule has 0 aliphatic carbocycles. The van der Waals surface area contributed by atoms with Crippen molar-refractivity contribution in [1.29, 1.82) is 0 Å². The van der Waals surface area contributed by atoms with Crippen LogP contribution in [-0.2, 0) is 12.6 Å². The van der Waals surface area contributed by atoms with Gasteiger partial charge in [0.25, 0.3) is 0 Å². The van der Waals surface area contributed by atoms with Crippen molar-refractivity contribution >= 4 is 34.7 Å². The number of aliphatic hydroxyl groups is 1. The van der Waals surface area contributed by atoms with E-state index < -0.39 is 11.7 Å². The largest absolute Gasteiger partial charge is 0.416 e. The first-order valence-electron chi connectivity index (χ1n) is 6.50. The number of hydrogen-bond donors (Lipinski definition) is 1. The highest BCUT2D eigenvalue weighted by Gasteiger charge is 2.31. The zero-order valence-corrected chi connectivity index (χ0v) is 13.7. The van der Waals surface area contributed by atoms with E-state index >= 15 is 0 Å². The summed E-state index contributed by atoms with van der Waals surface area (Å²) in [5.74, 6) is 0. The highest BCUT2D eigenvalue weighted by molar-refractivity contribution is 8.01. The standard InChI is InChI=1S/C14H13ClF3NOS2/c15-11-5-4-9(14(16,17)18)7-12(11)22-13-19-8-10(21-13)3-1-2-6-20/h4-5,7-8,20H,1-3,6H2. The Morgan fingerprint density at radius 2 is 2.05 bits per heavy atom. The quantitative estimate of drug-likeness (QED) is 0.705.